The minimum absolute atomic E-state index is 0.0205. The number of nitrogens with zero attached hydrogens (tertiary/aromatic N) is 2. The summed E-state index contributed by atoms with van der Waals surface area (Å²) in [5, 5.41) is 0. The number of nitrogens with two attached hydrogens (primary N) is 1. The Balaban J connectivity index is 2.15. The van der Waals surface area contributed by atoms with E-state index in [0.717, 1.165) is 24.0 Å². The van der Waals surface area contributed by atoms with Gasteiger partial charge in [0.15, 0.2) is 5.96 Å². The van der Waals surface area contributed by atoms with E-state index >= 15 is 0 Å². The van der Waals surface area contributed by atoms with Gasteiger partial charge in [-0.3, -0.25) is 4.99 Å². The molecule has 3 nitrogen and oxygen atoms in total. The SMILES string of the molecule is CCN1C(N)=NCC1(C)Cc1ccc(Br)cc1. The summed E-state index contributed by atoms with van der Waals surface area (Å²) in [5.74, 6) is 0.673. The molecule has 0 saturated carbocycles. The zero-order valence-corrected chi connectivity index (χ0v) is 11.9. The summed E-state index contributed by atoms with van der Waals surface area (Å²) in [6.45, 7) is 6.03. The van der Waals surface area contributed by atoms with Crippen LogP contribution in [0.2, 0.25) is 0 Å². The molecule has 0 bridgehead atoms. The largest absolute Gasteiger partial charge is 0.370 e. The van der Waals surface area contributed by atoms with Crippen LogP contribution in [0.25, 0.3) is 0 Å². The van der Waals surface area contributed by atoms with E-state index in [2.05, 4.69) is 63.9 Å². The van der Waals surface area contributed by atoms with Crippen LogP contribution in [0.4, 0.5) is 0 Å². The van der Waals surface area contributed by atoms with Gasteiger partial charge < -0.3 is 10.6 Å². The molecule has 2 N–H and O–H groups in total. The fraction of sp³-hybridized carbons (Fsp3) is 0.462. The number of hydrogen-bond donors (Lipinski definition) is 1. The van der Waals surface area contributed by atoms with Crippen LogP contribution < -0.4 is 5.73 Å². The Bertz CT molecular complexity index is 427. The normalized spacial score (nSPS) is 23.9. The molecule has 1 atom stereocenters. The molecule has 1 aliphatic rings. The summed E-state index contributed by atoms with van der Waals surface area (Å²) in [5.41, 5.74) is 7.25. The van der Waals surface area contributed by atoms with Crippen molar-refractivity contribution in [2.75, 3.05) is 13.1 Å². The molecule has 4 heteroatoms. The van der Waals surface area contributed by atoms with Gasteiger partial charge in [-0.1, -0.05) is 28.1 Å². The highest BCUT2D eigenvalue weighted by molar-refractivity contribution is 9.10. The van der Waals surface area contributed by atoms with Gasteiger partial charge in [0, 0.05) is 11.0 Å². The van der Waals surface area contributed by atoms with Crippen LogP contribution in [-0.4, -0.2) is 29.5 Å². The van der Waals surface area contributed by atoms with Gasteiger partial charge in [-0.25, -0.2) is 0 Å². The number of likely N-dealkylation sites (N-methyl/N-ethyl adjacent to an activating group) is 1. The number of guanidine groups is 1. The third-order valence-corrected chi connectivity index (χ3v) is 3.85. The van der Waals surface area contributed by atoms with E-state index in [1.807, 2.05) is 0 Å². The maximum Gasteiger partial charge on any atom is 0.191 e. The third kappa shape index (κ3) is 2.46. The summed E-state index contributed by atoms with van der Waals surface area (Å²) in [4.78, 5) is 6.56. The van der Waals surface area contributed by atoms with E-state index in [9.17, 15) is 0 Å². The number of aliphatic imine (C=N–C) groups is 1. The standard InChI is InChI=1S/C13H18BrN3/c1-3-17-12(15)16-9-13(17,2)8-10-4-6-11(14)7-5-10/h4-7H,3,8-9H2,1-2H3,(H2,15,16). The van der Waals surface area contributed by atoms with Gasteiger partial charge in [-0.05, 0) is 38.0 Å². The van der Waals surface area contributed by atoms with Gasteiger partial charge in [0.2, 0.25) is 0 Å². The number of halogens is 1. The molecule has 1 aromatic carbocycles. The van der Waals surface area contributed by atoms with Crippen LogP contribution in [0.15, 0.2) is 33.7 Å². The lowest BCUT2D eigenvalue weighted by atomic mass is 9.92. The summed E-state index contributed by atoms with van der Waals surface area (Å²) >= 11 is 3.45. The summed E-state index contributed by atoms with van der Waals surface area (Å²) in [6.07, 6.45) is 0.971. The molecular formula is C13H18BrN3. The highest BCUT2D eigenvalue weighted by atomic mass is 79.9. The van der Waals surface area contributed by atoms with Gasteiger partial charge in [0.05, 0.1) is 12.1 Å². The Hall–Kier alpha value is -1.03. The lowest BCUT2D eigenvalue weighted by Gasteiger charge is -2.35. The zero-order valence-electron chi connectivity index (χ0n) is 10.3. The Labute approximate surface area is 111 Å². The van der Waals surface area contributed by atoms with Crippen LogP contribution in [0.3, 0.4) is 0 Å². The number of hydrogen-bond acceptors (Lipinski definition) is 3. The molecule has 0 radical (unpaired) electrons. The first-order valence-electron chi connectivity index (χ1n) is 5.87. The molecule has 1 heterocycles. The third-order valence-electron chi connectivity index (χ3n) is 3.32. The maximum absolute atomic E-state index is 5.91. The van der Waals surface area contributed by atoms with Crippen molar-refractivity contribution >= 4 is 21.9 Å². The monoisotopic (exact) mass is 295 g/mol. The van der Waals surface area contributed by atoms with Crippen molar-refractivity contribution in [2.45, 2.75) is 25.8 Å². The maximum atomic E-state index is 5.91. The average Bonchev–Trinajstić information content (AvgIpc) is 2.58. The Morgan fingerprint density at radius 3 is 2.65 bits per heavy atom. The summed E-state index contributed by atoms with van der Waals surface area (Å²) in [6, 6.07) is 8.46. The van der Waals surface area contributed by atoms with E-state index in [1.54, 1.807) is 0 Å². The van der Waals surface area contributed by atoms with Crippen molar-refractivity contribution in [2.24, 2.45) is 10.7 Å². The van der Waals surface area contributed by atoms with E-state index in [0.29, 0.717) is 5.96 Å². The van der Waals surface area contributed by atoms with Crippen molar-refractivity contribution in [1.29, 1.82) is 0 Å². The smallest absolute Gasteiger partial charge is 0.191 e. The van der Waals surface area contributed by atoms with E-state index in [1.165, 1.54) is 5.56 Å². The number of rotatable bonds is 3. The molecule has 0 amide bonds. The first-order chi connectivity index (χ1) is 8.05. The van der Waals surface area contributed by atoms with Gasteiger partial charge >= 0.3 is 0 Å². The molecule has 0 saturated heterocycles. The predicted octanol–water partition coefficient (Wildman–Crippen LogP) is 2.40. The van der Waals surface area contributed by atoms with E-state index in [4.69, 9.17) is 5.73 Å². The quantitative estimate of drug-likeness (QED) is 0.930. The minimum Gasteiger partial charge on any atom is -0.370 e. The second-order valence-electron chi connectivity index (χ2n) is 4.72. The Morgan fingerprint density at radius 2 is 2.06 bits per heavy atom. The molecule has 0 fully saturated rings. The van der Waals surface area contributed by atoms with Gasteiger partial charge in [0.25, 0.3) is 0 Å². The molecule has 1 unspecified atom stereocenters. The first kappa shape index (κ1) is 12.4. The predicted molar refractivity (Wildman–Crippen MR) is 75.1 cm³/mol. The van der Waals surface area contributed by atoms with Crippen LogP contribution in [-0.2, 0) is 6.42 Å². The van der Waals surface area contributed by atoms with Gasteiger partial charge in [-0.15, -0.1) is 0 Å². The highest BCUT2D eigenvalue weighted by Gasteiger charge is 2.36. The topological polar surface area (TPSA) is 41.6 Å². The lowest BCUT2D eigenvalue weighted by molar-refractivity contribution is 0.230. The highest BCUT2D eigenvalue weighted by Crippen LogP contribution is 2.26. The molecule has 1 aromatic rings. The fourth-order valence-electron chi connectivity index (χ4n) is 2.44. The van der Waals surface area contributed by atoms with Crippen LogP contribution >= 0.6 is 15.9 Å². The molecule has 0 aromatic heterocycles. The van der Waals surface area contributed by atoms with Crippen molar-refractivity contribution in [3.63, 3.8) is 0 Å². The lowest BCUT2D eigenvalue weighted by Crippen LogP contribution is -2.50. The van der Waals surface area contributed by atoms with Crippen molar-refractivity contribution in [3.05, 3.63) is 34.3 Å². The summed E-state index contributed by atoms with van der Waals surface area (Å²) < 4.78 is 1.11. The molecule has 1 aliphatic heterocycles. The van der Waals surface area contributed by atoms with Crippen LogP contribution in [0, 0.1) is 0 Å². The second kappa shape index (κ2) is 4.69. The number of benzene rings is 1. The fourth-order valence-corrected chi connectivity index (χ4v) is 2.70. The molecular weight excluding hydrogens is 278 g/mol. The first-order valence-corrected chi connectivity index (χ1v) is 6.66. The Morgan fingerprint density at radius 1 is 1.41 bits per heavy atom. The summed E-state index contributed by atoms with van der Waals surface area (Å²) in [7, 11) is 0. The van der Waals surface area contributed by atoms with Gasteiger partial charge in [-0.2, -0.15) is 0 Å². The van der Waals surface area contributed by atoms with Crippen molar-refractivity contribution in [1.82, 2.24) is 4.90 Å². The van der Waals surface area contributed by atoms with Crippen molar-refractivity contribution < 1.29 is 0 Å². The second-order valence-corrected chi connectivity index (χ2v) is 5.63. The molecule has 2 rings (SSSR count). The molecule has 92 valence electrons. The molecule has 17 heavy (non-hydrogen) atoms. The average molecular weight is 296 g/mol. The van der Waals surface area contributed by atoms with Crippen molar-refractivity contribution in [3.8, 4) is 0 Å². The van der Waals surface area contributed by atoms with Crippen LogP contribution in [0.5, 0.6) is 0 Å². The van der Waals surface area contributed by atoms with Gasteiger partial charge in [0.1, 0.15) is 0 Å². The van der Waals surface area contributed by atoms with Crippen LogP contribution in [0.1, 0.15) is 19.4 Å². The minimum atomic E-state index is 0.0205. The zero-order chi connectivity index (χ0) is 12.5. The molecule has 0 aliphatic carbocycles. The van der Waals surface area contributed by atoms with E-state index in [-0.39, 0.29) is 5.54 Å². The van der Waals surface area contributed by atoms with E-state index < -0.39 is 0 Å². The Kier molecular flexibility index (Phi) is 3.43. The molecule has 0 spiro atoms.